The van der Waals surface area contributed by atoms with Gasteiger partial charge < -0.3 is 5.32 Å². The third-order valence-corrected chi connectivity index (χ3v) is 4.32. The second kappa shape index (κ2) is 4.54. The van der Waals surface area contributed by atoms with Crippen LogP contribution in [0.5, 0.6) is 0 Å². The molecule has 1 aromatic rings. The lowest BCUT2D eigenvalue weighted by Crippen LogP contribution is -2.43. The number of fused-ring (bicyclic) bond motifs is 1. The molecular formula is C14H20N2. The van der Waals surface area contributed by atoms with Crippen molar-refractivity contribution in [2.45, 2.75) is 31.6 Å². The van der Waals surface area contributed by atoms with Crippen molar-refractivity contribution < 1.29 is 0 Å². The summed E-state index contributed by atoms with van der Waals surface area (Å²) in [5.41, 5.74) is 1.30. The van der Waals surface area contributed by atoms with Crippen molar-refractivity contribution in [3.8, 4) is 0 Å². The van der Waals surface area contributed by atoms with Crippen molar-refractivity contribution in [3.05, 3.63) is 30.1 Å². The number of nitrogens with one attached hydrogen (secondary N) is 1. The van der Waals surface area contributed by atoms with Crippen molar-refractivity contribution >= 4 is 0 Å². The molecule has 1 aliphatic heterocycles. The van der Waals surface area contributed by atoms with Gasteiger partial charge in [0.05, 0.1) is 0 Å². The smallest absolute Gasteiger partial charge is 0.0450 e. The normalized spacial score (nSPS) is 34.4. The summed E-state index contributed by atoms with van der Waals surface area (Å²) in [7, 11) is 0. The van der Waals surface area contributed by atoms with Gasteiger partial charge >= 0.3 is 0 Å². The Morgan fingerprint density at radius 1 is 1.12 bits per heavy atom. The van der Waals surface area contributed by atoms with Crippen molar-refractivity contribution in [2.24, 2.45) is 11.8 Å². The van der Waals surface area contributed by atoms with Crippen LogP contribution in [0.1, 0.15) is 37.3 Å². The largest absolute Gasteiger partial charge is 0.316 e. The van der Waals surface area contributed by atoms with Crippen LogP contribution in [0.4, 0.5) is 0 Å². The van der Waals surface area contributed by atoms with Gasteiger partial charge in [-0.1, -0.05) is 18.9 Å². The number of nitrogens with zero attached hydrogens (tertiary/aromatic N) is 1. The number of hydrogen-bond acceptors (Lipinski definition) is 2. The van der Waals surface area contributed by atoms with E-state index in [-0.39, 0.29) is 0 Å². The Hall–Kier alpha value is -0.890. The van der Waals surface area contributed by atoms with Gasteiger partial charge in [0.1, 0.15) is 0 Å². The quantitative estimate of drug-likeness (QED) is 0.780. The minimum atomic E-state index is 0.653. The summed E-state index contributed by atoms with van der Waals surface area (Å²) >= 11 is 0. The molecule has 2 heteroatoms. The lowest BCUT2D eigenvalue weighted by Gasteiger charge is -2.41. The number of piperidine rings is 1. The van der Waals surface area contributed by atoms with E-state index < -0.39 is 0 Å². The highest BCUT2D eigenvalue weighted by Gasteiger charge is 2.35. The van der Waals surface area contributed by atoms with Gasteiger partial charge in [-0.3, -0.25) is 4.98 Å². The fraction of sp³-hybridized carbons (Fsp3) is 0.643. The molecule has 3 unspecified atom stereocenters. The number of pyridine rings is 1. The van der Waals surface area contributed by atoms with Gasteiger partial charge in [0.2, 0.25) is 0 Å². The van der Waals surface area contributed by atoms with Crippen LogP contribution in [0.15, 0.2) is 24.4 Å². The van der Waals surface area contributed by atoms with E-state index in [1.807, 2.05) is 12.3 Å². The molecule has 1 aliphatic carbocycles. The van der Waals surface area contributed by atoms with Crippen LogP contribution in [0, 0.1) is 11.8 Å². The first-order valence-corrected chi connectivity index (χ1v) is 6.57. The summed E-state index contributed by atoms with van der Waals surface area (Å²) in [4.78, 5) is 4.55. The first kappa shape index (κ1) is 10.3. The molecule has 0 amide bonds. The van der Waals surface area contributed by atoms with E-state index in [2.05, 4.69) is 22.4 Å². The molecule has 1 saturated carbocycles. The van der Waals surface area contributed by atoms with E-state index in [9.17, 15) is 0 Å². The predicted octanol–water partition coefficient (Wildman–Crippen LogP) is 2.57. The Morgan fingerprint density at radius 2 is 2.06 bits per heavy atom. The fourth-order valence-corrected chi connectivity index (χ4v) is 3.51. The molecule has 0 spiro atoms. The van der Waals surface area contributed by atoms with E-state index in [0.717, 1.165) is 18.4 Å². The van der Waals surface area contributed by atoms with Crippen LogP contribution in [0.2, 0.25) is 0 Å². The molecular weight excluding hydrogens is 196 g/mol. The first-order valence-electron chi connectivity index (χ1n) is 6.57. The van der Waals surface area contributed by atoms with Gasteiger partial charge in [-0.25, -0.2) is 0 Å². The van der Waals surface area contributed by atoms with E-state index >= 15 is 0 Å². The summed E-state index contributed by atoms with van der Waals surface area (Å²) in [6.45, 7) is 2.35. The molecule has 1 N–H and O–H groups in total. The molecule has 2 aliphatic rings. The molecule has 2 heterocycles. The second-order valence-electron chi connectivity index (χ2n) is 5.23. The van der Waals surface area contributed by atoms with Crippen LogP contribution in [0.25, 0.3) is 0 Å². The molecule has 1 saturated heterocycles. The highest BCUT2D eigenvalue weighted by Crippen LogP contribution is 2.40. The fourth-order valence-electron chi connectivity index (χ4n) is 3.51. The Labute approximate surface area is 97.5 Å². The Kier molecular flexibility index (Phi) is 2.92. The van der Waals surface area contributed by atoms with Gasteiger partial charge in [0.15, 0.2) is 0 Å². The summed E-state index contributed by atoms with van der Waals surface area (Å²) in [6.07, 6.45) is 7.61. The summed E-state index contributed by atoms with van der Waals surface area (Å²) < 4.78 is 0. The van der Waals surface area contributed by atoms with Crippen LogP contribution >= 0.6 is 0 Å². The maximum Gasteiger partial charge on any atom is 0.0450 e. The summed E-state index contributed by atoms with van der Waals surface area (Å²) in [6, 6.07) is 6.33. The summed E-state index contributed by atoms with van der Waals surface area (Å²) in [5, 5.41) is 3.59. The van der Waals surface area contributed by atoms with Gasteiger partial charge in [-0.15, -0.1) is 0 Å². The zero-order chi connectivity index (χ0) is 10.8. The Bertz CT molecular complexity index is 334. The zero-order valence-electron chi connectivity index (χ0n) is 9.73. The molecule has 86 valence electrons. The monoisotopic (exact) mass is 216 g/mol. The highest BCUT2D eigenvalue weighted by molar-refractivity contribution is 5.13. The molecule has 0 radical (unpaired) electrons. The topological polar surface area (TPSA) is 24.9 Å². The van der Waals surface area contributed by atoms with Gasteiger partial charge in [-0.2, -0.15) is 0 Å². The molecule has 3 rings (SSSR count). The first-order chi connectivity index (χ1) is 7.95. The Morgan fingerprint density at radius 3 is 2.94 bits per heavy atom. The van der Waals surface area contributed by atoms with E-state index in [1.54, 1.807) is 0 Å². The van der Waals surface area contributed by atoms with Crippen molar-refractivity contribution in [3.63, 3.8) is 0 Å². The van der Waals surface area contributed by atoms with Crippen molar-refractivity contribution in [1.82, 2.24) is 10.3 Å². The van der Waals surface area contributed by atoms with Gasteiger partial charge in [0.25, 0.3) is 0 Å². The van der Waals surface area contributed by atoms with Crippen LogP contribution in [-0.2, 0) is 0 Å². The third-order valence-electron chi connectivity index (χ3n) is 4.32. The number of aromatic nitrogens is 1. The SMILES string of the molecule is c1ccc(C2CNCC3CCCCC32)nc1. The van der Waals surface area contributed by atoms with Crippen molar-refractivity contribution in [1.29, 1.82) is 0 Å². The second-order valence-corrected chi connectivity index (χ2v) is 5.23. The number of hydrogen-bond donors (Lipinski definition) is 1. The molecule has 2 fully saturated rings. The zero-order valence-corrected chi connectivity index (χ0v) is 9.73. The van der Waals surface area contributed by atoms with Crippen LogP contribution < -0.4 is 5.32 Å². The van der Waals surface area contributed by atoms with E-state index in [1.165, 1.54) is 37.9 Å². The molecule has 2 nitrogen and oxygen atoms in total. The molecule has 0 aromatic carbocycles. The average Bonchev–Trinajstić information content (AvgIpc) is 2.39. The van der Waals surface area contributed by atoms with Gasteiger partial charge in [-0.05, 0) is 43.4 Å². The maximum atomic E-state index is 4.55. The molecule has 3 atom stereocenters. The van der Waals surface area contributed by atoms with Crippen LogP contribution in [-0.4, -0.2) is 18.1 Å². The van der Waals surface area contributed by atoms with Gasteiger partial charge in [0, 0.05) is 24.4 Å². The minimum absolute atomic E-state index is 0.653. The molecule has 0 bridgehead atoms. The maximum absolute atomic E-state index is 4.55. The highest BCUT2D eigenvalue weighted by atomic mass is 14.9. The van der Waals surface area contributed by atoms with E-state index in [0.29, 0.717) is 5.92 Å². The van der Waals surface area contributed by atoms with Crippen LogP contribution in [0.3, 0.4) is 0 Å². The van der Waals surface area contributed by atoms with E-state index in [4.69, 9.17) is 0 Å². The third kappa shape index (κ3) is 1.86. The lowest BCUT2D eigenvalue weighted by molar-refractivity contribution is 0.157. The molecule has 1 aromatic heterocycles. The lowest BCUT2D eigenvalue weighted by atomic mass is 9.69. The Balaban J connectivity index is 1.83. The standard InChI is InChI=1S/C14H20N2/c1-2-6-12-11(5-1)9-15-10-13(12)14-7-3-4-8-16-14/h3-4,7-8,11-13,15H,1-2,5-6,9-10H2. The summed E-state index contributed by atoms with van der Waals surface area (Å²) in [5.74, 6) is 2.43. The average molecular weight is 216 g/mol. The minimum Gasteiger partial charge on any atom is -0.316 e. The molecule has 16 heavy (non-hydrogen) atoms. The van der Waals surface area contributed by atoms with Crippen molar-refractivity contribution in [2.75, 3.05) is 13.1 Å². The predicted molar refractivity (Wildman–Crippen MR) is 65.3 cm³/mol. The number of rotatable bonds is 1.